The lowest BCUT2D eigenvalue weighted by Crippen LogP contribution is -2.47. The largest absolute Gasteiger partial charge is 0.480 e. The first-order valence-electron chi connectivity index (χ1n) is 5.64. The van der Waals surface area contributed by atoms with Crippen molar-refractivity contribution >= 4 is 5.97 Å². The van der Waals surface area contributed by atoms with Crippen LogP contribution in [0.2, 0.25) is 0 Å². The van der Waals surface area contributed by atoms with Gasteiger partial charge in [-0.05, 0) is 31.4 Å². The van der Waals surface area contributed by atoms with Gasteiger partial charge < -0.3 is 10.4 Å². The summed E-state index contributed by atoms with van der Waals surface area (Å²) in [6, 6.07) is 5.68. The van der Waals surface area contributed by atoms with Gasteiger partial charge in [-0.2, -0.15) is 0 Å². The zero-order valence-electron chi connectivity index (χ0n) is 9.10. The van der Waals surface area contributed by atoms with Crippen molar-refractivity contribution in [3.8, 4) is 0 Å². The van der Waals surface area contributed by atoms with E-state index in [1.165, 1.54) is 0 Å². The Morgan fingerprint density at radius 3 is 3.06 bits per heavy atom. The fourth-order valence-electron chi connectivity index (χ4n) is 2.15. The molecule has 16 heavy (non-hydrogen) atoms. The zero-order valence-corrected chi connectivity index (χ0v) is 9.10. The molecule has 0 spiro atoms. The zero-order chi connectivity index (χ0) is 11.4. The van der Waals surface area contributed by atoms with Crippen molar-refractivity contribution in [2.75, 3.05) is 0 Å². The van der Waals surface area contributed by atoms with E-state index in [1.54, 1.807) is 6.20 Å². The van der Waals surface area contributed by atoms with Gasteiger partial charge in [-0.3, -0.25) is 9.78 Å². The number of rotatable bonds is 3. The van der Waals surface area contributed by atoms with Gasteiger partial charge in [-0.15, -0.1) is 0 Å². The average molecular weight is 220 g/mol. The lowest BCUT2D eigenvalue weighted by molar-refractivity contribution is -0.140. The number of nitrogens with one attached hydrogen (secondary N) is 1. The van der Waals surface area contributed by atoms with Crippen molar-refractivity contribution in [2.45, 2.75) is 37.8 Å². The number of aliphatic carboxylic acids is 1. The molecule has 2 rings (SSSR count). The van der Waals surface area contributed by atoms with Crippen molar-refractivity contribution in [2.24, 2.45) is 0 Å². The molecule has 2 N–H and O–H groups in total. The van der Waals surface area contributed by atoms with Crippen molar-refractivity contribution < 1.29 is 9.90 Å². The molecule has 0 bridgehead atoms. The fourth-order valence-corrected chi connectivity index (χ4v) is 2.15. The molecule has 1 aliphatic heterocycles. The SMILES string of the molecule is O=C(O)C1CCCC(Cc2ccccn2)N1. The molecule has 0 aromatic carbocycles. The number of aromatic nitrogens is 1. The quantitative estimate of drug-likeness (QED) is 0.804. The number of hydrogen-bond acceptors (Lipinski definition) is 3. The van der Waals surface area contributed by atoms with Gasteiger partial charge in [0.1, 0.15) is 6.04 Å². The van der Waals surface area contributed by atoms with Crippen LogP contribution in [0.1, 0.15) is 25.0 Å². The third-order valence-corrected chi connectivity index (χ3v) is 2.96. The lowest BCUT2D eigenvalue weighted by atomic mass is 9.95. The Labute approximate surface area is 94.7 Å². The number of hydrogen-bond donors (Lipinski definition) is 2. The first-order chi connectivity index (χ1) is 7.75. The summed E-state index contributed by atoms with van der Waals surface area (Å²) in [7, 11) is 0. The molecule has 1 aromatic rings. The maximum atomic E-state index is 10.9. The van der Waals surface area contributed by atoms with Gasteiger partial charge in [0.2, 0.25) is 0 Å². The molecular weight excluding hydrogens is 204 g/mol. The highest BCUT2D eigenvalue weighted by Gasteiger charge is 2.25. The Hall–Kier alpha value is -1.42. The van der Waals surface area contributed by atoms with E-state index < -0.39 is 5.97 Å². The molecule has 1 aromatic heterocycles. The maximum absolute atomic E-state index is 10.9. The molecule has 86 valence electrons. The van der Waals surface area contributed by atoms with Crippen LogP contribution < -0.4 is 5.32 Å². The van der Waals surface area contributed by atoms with Crippen LogP contribution in [0.3, 0.4) is 0 Å². The third kappa shape index (κ3) is 2.79. The summed E-state index contributed by atoms with van der Waals surface area (Å²) in [6.45, 7) is 0. The van der Waals surface area contributed by atoms with E-state index in [0.717, 1.165) is 31.4 Å². The number of pyridine rings is 1. The van der Waals surface area contributed by atoms with E-state index in [-0.39, 0.29) is 12.1 Å². The van der Waals surface area contributed by atoms with Gasteiger partial charge in [0.15, 0.2) is 0 Å². The predicted molar refractivity (Wildman–Crippen MR) is 60.1 cm³/mol. The molecule has 0 amide bonds. The number of carboxylic acids is 1. The van der Waals surface area contributed by atoms with E-state index in [2.05, 4.69) is 10.3 Å². The van der Waals surface area contributed by atoms with Crippen molar-refractivity contribution in [1.29, 1.82) is 0 Å². The molecule has 0 radical (unpaired) electrons. The molecule has 1 saturated heterocycles. The summed E-state index contributed by atoms with van der Waals surface area (Å²) in [4.78, 5) is 15.1. The summed E-state index contributed by atoms with van der Waals surface area (Å²) in [5, 5.41) is 12.1. The number of carboxylic acid groups (broad SMARTS) is 1. The summed E-state index contributed by atoms with van der Waals surface area (Å²) in [6.07, 6.45) is 5.31. The summed E-state index contributed by atoms with van der Waals surface area (Å²) < 4.78 is 0. The van der Waals surface area contributed by atoms with E-state index in [1.807, 2.05) is 18.2 Å². The highest BCUT2D eigenvalue weighted by Crippen LogP contribution is 2.15. The predicted octanol–water partition coefficient (Wildman–Crippen LogP) is 1.22. The van der Waals surface area contributed by atoms with Crippen LogP contribution in [0, 0.1) is 0 Å². The van der Waals surface area contributed by atoms with Crippen molar-refractivity contribution in [3.05, 3.63) is 30.1 Å². The Morgan fingerprint density at radius 2 is 2.38 bits per heavy atom. The van der Waals surface area contributed by atoms with Crippen LogP contribution in [0.4, 0.5) is 0 Å². The molecule has 4 nitrogen and oxygen atoms in total. The minimum absolute atomic E-state index is 0.241. The molecule has 2 heterocycles. The van der Waals surface area contributed by atoms with E-state index in [4.69, 9.17) is 5.11 Å². The van der Waals surface area contributed by atoms with Crippen LogP contribution in [-0.2, 0) is 11.2 Å². The monoisotopic (exact) mass is 220 g/mol. The van der Waals surface area contributed by atoms with Crippen LogP contribution in [0.25, 0.3) is 0 Å². The second-order valence-corrected chi connectivity index (χ2v) is 4.21. The van der Waals surface area contributed by atoms with Crippen LogP contribution >= 0.6 is 0 Å². The minimum atomic E-state index is -0.745. The van der Waals surface area contributed by atoms with Gasteiger partial charge in [0, 0.05) is 24.4 Å². The number of nitrogens with zero attached hydrogens (tertiary/aromatic N) is 1. The molecule has 4 heteroatoms. The number of piperidine rings is 1. The fraction of sp³-hybridized carbons (Fsp3) is 0.500. The normalized spacial score (nSPS) is 25.2. The highest BCUT2D eigenvalue weighted by molar-refractivity contribution is 5.73. The standard InChI is InChI=1S/C12H16N2O2/c15-12(16)11-6-3-5-10(14-11)8-9-4-1-2-7-13-9/h1-2,4,7,10-11,14H,3,5-6,8H2,(H,15,16). The Bertz CT molecular complexity index is 353. The van der Waals surface area contributed by atoms with Crippen molar-refractivity contribution in [1.82, 2.24) is 10.3 Å². The van der Waals surface area contributed by atoms with Crippen LogP contribution in [0.15, 0.2) is 24.4 Å². The Balaban J connectivity index is 1.93. The summed E-state index contributed by atoms with van der Waals surface area (Å²) in [5.74, 6) is -0.745. The van der Waals surface area contributed by atoms with Crippen molar-refractivity contribution in [3.63, 3.8) is 0 Å². The first kappa shape index (κ1) is 11.1. The Kier molecular flexibility index (Phi) is 3.51. The molecule has 1 aliphatic rings. The number of carbonyl (C=O) groups is 1. The minimum Gasteiger partial charge on any atom is -0.480 e. The summed E-state index contributed by atoms with van der Waals surface area (Å²) >= 11 is 0. The van der Waals surface area contributed by atoms with E-state index in [9.17, 15) is 4.79 Å². The molecule has 2 unspecified atom stereocenters. The molecule has 1 fully saturated rings. The van der Waals surface area contributed by atoms with E-state index >= 15 is 0 Å². The van der Waals surface area contributed by atoms with Crippen LogP contribution in [-0.4, -0.2) is 28.1 Å². The lowest BCUT2D eigenvalue weighted by Gasteiger charge is -2.28. The van der Waals surface area contributed by atoms with Gasteiger partial charge in [0.05, 0.1) is 0 Å². The average Bonchev–Trinajstić information content (AvgIpc) is 2.30. The second kappa shape index (κ2) is 5.07. The highest BCUT2D eigenvalue weighted by atomic mass is 16.4. The molecular formula is C12H16N2O2. The molecule has 0 aliphatic carbocycles. The second-order valence-electron chi connectivity index (χ2n) is 4.21. The molecule has 2 atom stereocenters. The Morgan fingerprint density at radius 1 is 1.50 bits per heavy atom. The smallest absolute Gasteiger partial charge is 0.320 e. The third-order valence-electron chi connectivity index (χ3n) is 2.96. The van der Waals surface area contributed by atoms with Gasteiger partial charge in [0.25, 0.3) is 0 Å². The van der Waals surface area contributed by atoms with Gasteiger partial charge in [-0.25, -0.2) is 0 Å². The van der Waals surface area contributed by atoms with Crippen LogP contribution in [0.5, 0.6) is 0 Å². The molecule has 0 saturated carbocycles. The maximum Gasteiger partial charge on any atom is 0.320 e. The van der Waals surface area contributed by atoms with Gasteiger partial charge >= 0.3 is 5.97 Å². The topological polar surface area (TPSA) is 62.2 Å². The van der Waals surface area contributed by atoms with Gasteiger partial charge in [-0.1, -0.05) is 6.07 Å². The summed E-state index contributed by atoms with van der Waals surface area (Å²) in [5.41, 5.74) is 1.02. The van der Waals surface area contributed by atoms with E-state index in [0.29, 0.717) is 0 Å². The first-order valence-corrected chi connectivity index (χ1v) is 5.64.